The fraction of sp³-hybridized carbons (Fsp3) is 0.393. The van der Waals surface area contributed by atoms with Crippen molar-refractivity contribution in [2.24, 2.45) is 11.1 Å². The van der Waals surface area contributed by atoms with Crippen LogP contribution >= 0.6 is 0 Å². The second kappa shape index (κ2) is 12.7. The quantitative estimate of drug-likeness (QED) is 0.261. The summed E-state index contributed by atoms with van der Waals surface area (Å²) >= 11 is 0. The lowest BCUT2D eigenvalue weighted by atomic mass is 9.93. The van der Waals surface area contributed by atoms with E-state index >= 15 is 0 Å². The van der Waals surface area contributed by atoms with Crippen LogP contribution in [0.2, 0.25) is 0 Å². The molecule has 1 aromatic heterocycles. The molecule has 3 rings (SSSR count). The highest BCUT2D eigenvalue weighted by Crippen LogP contribution is 2.40. The van der Waals surface area contributed by atoms with E-state index in [9.17, 15) is 13.2 Å². The van der Waals surface area contributed by atoms with Gasteiger partial charge in [0.2, 0.25) is 10.0 Å². The fourth-order valence-electron chi connectivity index (χ4n) is 4.15. The topological polar surface area (TPSA) is 105 Å². The molecule has 0 amide bonds. The Labute approximate surface area is 214 Å². The number of nitrogens with one attached hydrogen (secondary N) is 1. The van der Waals surface area contributed by atoms with Crippen LogP contribution in [0.15, 0.2) is 65.8 Å². The molecule has 194 valence electrons. The number of carbonyl (C=O) groups excluding carboxylic acids is 1. The number of nitrogens with zero attached hydrogens (tertiary/aromatic N) is 1. The Kier molecular flexibility index (Phi) is 9.73. The van der Waals surface area contributed by atoms with Gasteiger partial charge in [0.25, 0.3) is 0 Å². The molecule has 7 nitrogen and oxygen atoms in total. The smallest absolute Gasteiger partial charge is 0.241 e. The second-order valence-corrected chi connectivity index (χ2v) is 10.7. The van der Waals surface area contributed by atoms with Gasteiger partial charge in [-0.3, -0.25) is 4.79 Å². The Morgan fingerprint density at radius 3 is 2.28 bits per heavy atom. The molecule has 36 heavy (non-hydrogen) atoms. The monoisotopic (exact) mass is 511 g/mol. The van der Waals surface area contributed by atoms with E-state index in [1.54, 1.807) is 18.2 Å². The second-order valence-electron chi connectivity index (χ2n) is 9.17. The molecule has 0 bridgehead atoms. The number of rotatable bonds is 14. The highest BCUT2D eigenvalue weighted by Gasteiger charge is 2.27. The summed E-state index contributed by atoms with van der Waals surface area (Å²) in [7, 11) is -4.19. The van der Waals surface area contributed by atoms with Crippen molar-refractivity contribution >= 4 is 21.5 Å². The molecule has 2 aromatic carbocycles. The molecule has 1 heterocycles. The molecular formula is C28H37N3O4S. The van der Waals surface area contributed by atoms with Crippen molar-refractivity contribution in [2.75, 3.05) is 18.0 Å². The van der Waals surface area contributed by atoms with Crippen molar-refractivity contribution in [1.82, 2.24) is 4.98 Å². The van der Waals surface area contributed by atoms with Gasteiger partial charge in [-0.25, -0.2) is 13.6 Å². The summed E-state index contributed by atoms with van der Waals surface area (Å²) in [6, 6.07) is 14.1. The number of H-pyrrole nitrogens is 1. The van der Waals surface area contributed by atoms with E-state index in [0.717, 1.165) is 31.2 Å². The molecule has 1 atom stereocenters. The Bertz CT molecular complexity index is 1220. The van der Waals surface area contributed by atoms with Gasteiger partial charge in [-0.2, -0.15) is 0 Å². The van der Waals surface area contributed by atoms with Crippen LogP contribution in [-0.2, 0) is 16.4 Å². The number of hydrogen-bond donors (Lipinski definition) is 2. The zero-order chi connectivity index (χ0) is 26.1. The third kappa shape index (κ3) is 7.21. The lowest BCUT2D eigenvalue weighted by Crippen LogP contribution is -2.28. The van der Waals surface area contributed by atoms with E-state index in [1.807, 2.05) is 43.6 Å². The minimum absolute atomic E-state index is 0.139. The number of para-hydroxylation sites is 1. The van der Waals surface area contributed by atoms with Crippen molar-refractivity contribution in [3.8, 4) is 11.5 Å². The lowest BCUT2D eigenvalue weighted by Gasteiger charge is -2.28. The molecule has 0 aliphatic rings. The predicted octanol–water partition coefficient (Wildman–Crippen LogP) is 5.92. The van der Waals surface area contributed by atoms with E-state index in [0.29, 0.717) is 36.5 Å². The van der Waals surface area contributed by atoms with Crippen molar-refractivity contribution in [1.29, 1.82) is 0 Å². The van der Waals surface area contributed by atoms with Gasteiger partial charge < -0.3 is 14.6 Å². The number of hydrogen-bond acceptors (Lipinski definition) is 5. The average molecular weight is 512 g/mol. The first kappa shape index (κ1) is 27.5. The van der Waals surface area contributed by atoms with Crippen LogP contribution in [0.3, 0.4) is 0 Å². The van der Waals surface area contributed by atoms with Gasteiger partial charge in [0.15, 0.2) is 11.5 Å². The zero-order valence-electron chi connectivity index (χ0n) is 21.4. The van der Waals surface area contributed by atoms with Crippen LogP contribution in [0.5, 0.6) is 11.5 Å². The predicted molar refractivity (Wildman–Crippen MR) is 144 cm³/mol. The van der Waals surface area contributed by atoms with E-state index in [4.69, 9.17) is 9.88 Å². The number of carbonyl (C=O) groups is 1. The lowest BCUT2D eigenvalue weighted by molar-refractivity contribution is 0.0929. The molecule has 0 aliphatic carbocycles. The number of anilines is 1. The van der Waals surface area contributed by atoms with Crippen LogP contribution < -0.4 is 14.8 Å². The largest absolute Gasteiger partial charge is 0.454 e. The first-order chi connectivity index (χ1) is 17.2. The van der Waals surface area contributed by atoms with Gasteiger partial charge in [-0.1, -0.05) is 51.8 Å². The zero-order valence-corrected chi connectivity index (χ0v) is 22.2. The molecule has 0 radical (unpaired) electrons. The SMILES string of the molecule is CCCCN(CCCC)c1cc(C(=O)C(C)Cc2cc[nH]c2)cc(S(N)(=O)=O)c1Oc1ccccc1. The van der Waals surface area contributed by atoms with Gasteiger partial charge in [-0.05, 0) is 55.2 Å². The standard InChI is InChI=1S/C28H37N3O4S/c1-4-6-15-31(16-7-5-2)25-18-23(27(32)21(3)17-22-13-14-30-20-22)19-26(36(29,33)34)28(25)35-24-11-9-8-10-12-24/h8-14,18-21,30H,4-7,15-17H2,1-3H3,(H2,29,33,34). The summed E-state index contributed by atoms with van der Waals surface area (Å²) in [5.74, 6) is 0.169. The van der Waals surface area contributed by atoms with Gasteiger partial charge >= 0.3 is 0 Å². The first-order valence-electron chi connectivity index (χ1n) is 12.6. The summed E-state index contributed by atoms with van der Waals surface area (Å²) < 4.78 is 31.8. The number of aromatic amines is 1. The summed E-state index contributed by atoms with van der Waals surface area (Å²) in [5, 5.41) is 5.69. The molecule has 0 spiro atoms. The summed E-state index contributed by atoms with van der Waals surface area (Å²) in [6.45, 7) is 7.49. The number of benzene rings is 2. The number of ether oxygens (including phenoxy) is 1. The molecule has 3 aromatic rings. The molecule has 1 unspecified atom stereocenters. The first-order valence-corrected chi connectivity index (χ1v) is 14.1. The van der Waals surface area contributed by atoms with Crippen LogP contribution in [0, 0.1) is 5.92 Å². The number of nitrogens with two attached hydrogens (primary N) is 1. The molecule has 0 fully saturated rings. The van der Waals surface area contributed by atoms with Gasteiger partial charge in [0, 0.05) is 37.0 Å². The molecular weight excluding hydrogens is 474 g/mol. The van der Waals surface area contributed by atoms with Gasteiger partial charge in [0.1, 0.15) is 10.6 Å². The average Bonchev–Trinajstić information content (AvgIpc) is 3.37. The highest BCUT2D eigenvalue weighted by molar-refractivity contribution is 7.89. The minimum Gasteiger partial charge on any atom is -0.454 e. The van der Waals surface area contributed by atoms with Gasteiger partial charge in [-0.15, -0.1) is 0 Å². The molecule has 8 heteroatoms. The number of sulfonamides is 1. The Morgan fingerprint density at radius 2 is 1.72 bits per heavy atom. The van der Waals surface area contributed by atoms with E-state index in [2.05, 4.69) is 23.7 Å². The number of ketones is 1. The molecule has 0 saturated carbocycles. The maximum absolute atomic E-state index is 13.5. The van der Waals surface area contributed by atoms with Gasteiger partial charge in [0.05, 0.1) is 5.69 Å². The molecule has 0 saturated heterocycles. The third-order valence-corrected chi connectivity index (χ3v) is 7.06. The summed E-state index contributed by atoms with van der Waals surface area (Å²) in [5.41, 5.74) is 1.90. The maximum Gasteiger partial charge on any atom is 0.241 e. The summed E-state index contributed by atoms with van der Waals surface area (Å²) in [6.07, 6.45) is 8.01. The van der Waals surface area contributed by atoms with Crippen LogP contribution in [0.4, 0.5) is 5.69 Å². The normalized spacial score (nSPS) is 12.3. The van der Waals surface area contributed by atoms with E-state index in [-0.39, 0.29) is 22.3 Å². The number of aromatic nitrogens is 1. The van der Waals surface area contributed by atoms with Crippen LogP contribution in [-0.4, -0.2) is 32.3 Å². The van der Waals surface area contributed by atoms with Crippen molar-refractivity contribution in [2.45, 2.75) is 57.8 Å². The number of Topliss-reactive ketones (excluding diaryl/α,β-unsaturated/α-hetero) is 1. The van der Waals surface area contributed by atoms with Crippen molar-refractivity contribution in [3.05, 3.63) is 72.1 Å². The van der Waals surface area contributed by atoms with Crippen molar-refractivity contribution in [3.63, 3.8) is 0 Å². The van der Waals surface area contributed by atoms with Crippen LogP contribution in [0.1, 0.15) is 62.4 Å². The molecule has 3 N–H and O–H groups in total. The number of unbranched alkanes of at least 4 members (excludes halogenated alkanes) is 2. The fourth-order valence-corrected chi connectivity index (χ4v) is 4.85. The Morgan fingerprint density at radius 1 is 1.06 bits per heavy atom. The Balaban J connectivity index is 2.15. The van der Waals surface area contributed by atoms with E-state index in [1.165, 1.54) is 6.07 Å². The number of primary sulfonamides is 1. The summed E-state index contributed by atoms with van der Waals surface area (Å²) in [4.78, 5) is 18.5. The van der Waals surface area contributed by atoms with Crippen molar-refractivity contribution < 1.29 is 17.9 Å². The highest BCUT2D eigenvalue weighted by atomic mass is 32.2. The third-order valence-electron chi connectivity index (χ3n) is 6.15. The molecule has 0 aliphatic heterocycles. The Hall–Kier alpha value is -3.10. The van der Waals surface area contributed by atoms with Crippen LogP contribution in [0.25, 0.3) is 0 Å². The minimum atomic E-state index is -4.19. The maximum atomic E-state index is 13.5. The van der Waals surface area contributed by atoms with E-state index < -0.39 is 10.0 Å².